The van der Waals surface area contributed by atoms with Crippen LogP contribution in [0.1, 0.15) is 31.4 Å². The predicted molar refractivity (Wildman–Crippen MR) is 129 cm³/mol. The second kappa shape index (κ2) is 11.2. The van der Waals surface area contributed by atoms with Crippen molar-refractivity contribution in [3.05, 3.63) is 48.8 Å². The molecule has 1 N–H and O–H groups in total. The van der Waals surface area contributed by atoms with Crippen LogP contribution < -0.4 is 10.1 Å². The Balaban J connectivity index is 1.79. The lowest BCUT2D eigenvalue weighted by Gasteiger charge is -2.34. The van der Waals surface area contributed by atoms with Gasteiger partial charge in [-0.1, -0.05) is 0 Å². The topological polar surface area (TPSA) is 89.1 Å². The van der Waals surface area contributed by atoms with Gasteiger partial charge in [-0.15, -0.1) is 0 Å². The molecule has 18 heteroatoms. The molecule has 4 rings (SSSR count). The number of methoxy groups -OCH3 is 1. The maximum atomic E-state index is 14.6. The molecule has 4 aromatic rings. The Bertz CT molecular complexity index is 1560. The monoisotopic (exact) mass is 611 g/mol. The lowest BCUT2D eigenvalue weighted by molar-refractivity contribution is -0.181. The molecule has 0 saturated carbocycles. The molecule has 42 heavy (non-hydrogen) atoms. The number of fused-ring (bicyclic) bond motifs is 2. The van der Waals surface area contributed by atoms with E-state index in [-0.39, 0.29) is 27.7 Å². The maximum Gasteiger partial charge on any atom is 0.413 e. The first-order valence-electron chi connectivity index (χ1n) is 12.2. The minimum atomic E-state index is -5.35. The van der Waals surface area contributed by atoms with Gasteiger partial charge < -0.3 is 23.8 Å². The van der Waals surface area contributed by atoms with Crippen molar-refractivity contribution in [1.82, 2.24) is 34.0 Å². The summed E-state index contributed by atoms with van der Waals surface area (Å²) in [4.78, 5) is 25.5. The molecule has 2 amide bonds. The molecule has 2 atom stereocenters. The Morgan fingerprint density at radius 2 is 1.60 bits per heavy atom. The number of pyridine rings is 1. The van der Waals surface area contributed by atoms with Crippen LogP contribution >= 0.6 is 0 Å². The van der Waals surface area contributed by atoms with Crippen molar-refractivity contribution in [2.45, 2.75) is 50.4 Å². The lowest BCUT2D eigenvalue weighted by Crippen LogP contribution is -2.53. The summed E-state index contributed by atoms with van der Waals surface area (Å²) in [5.41, 5.74) is 0.0305. The van der Waals surface area contributed by atoms with Crippen molar-refractivity contribution in [3.8, 4) is 17.1 Å². The van der Waals surface area contributed by atoms with Crippen LogP contribution in [0.2, 0.25) is 0 Å². The predicted octanol–water partition coefficient (Wildman–Crippen LogP) is 5.96. The van der Waals surface area contributed by atoms with Gasteiger partial charge in [-0.3, -0.25) is 0 Å². The molecule has 0 aliphatic rings. The van der Waals surface area contributed by atoms with Gasteiger partial charge in [0.25, 0.3) is 5.88 Å². The van der Waals surface area contributed by atoms with Crippen LogP contribution in [0.3, 0.4) is 0 Å². The zero-order valence-corrected chi connectivity index (χ0v) is 21.7. The van der Waals surface area contributed by atoms with E-state index < -0.39 is 61.6 Å². The van der Waals surface area contributed by atoms with E-state index in [1.165, 1.54) is 52.2 Å². The molecule has 0 spiro atoms. The number of nitrogens with one attached hydrogen (secondary N) is 1. The molecule has 0 fully saturated rings. The van der Waals surface area contributed by atoms with E-state index >= 15 is 0 Å². The minimum absolute atomic E-state index is 0.0339. The van der Waals surface area contributed by atoms with Gasteiger partial charge in [-0.25, -0.2) is 19.7 Å². The maximum absolute atomic E-state index is 14.6. The normalized spacial score (nSPS) is 14.3. The first kappa shape index (κ1) is 30.7. The molecule has 4 aromatic heterocycles. The Labute approximate surface area is 230 Å². The van der Waals surface area contributed by atoms with E-state index in [1.807, 2.05) is 0 Å². The lowest BCUT2D eigenvalue weighted by atomic mass is 10.0. The molecule has 9 nitrogen and oxygen atoms in total. The third kappa shape index (κ3) is 6.46. The van der Waals surface area contributed by atoms with Gasteiger partial charge in [0.05, 0.1) is 12.8 Å². The van der Waals surface area contributed by atoms with E-state index in [4.69, 9.17) is 4.74 Å². The highest BCUT2D eigenvalue weighted by Gasteiger charge is 2.49. The number of rotatable bonds is 8. The number of ether oxygens (including phenoxy) is 1. The third-order valence-corrected chi connectivity index (χ3v) is 6.27. The van der Waals surface area contributed by atoms with Crippen molar-refractivity contribution in [2.75, 3.05) is 13.7 Å². The molecule has 4 heterocycles. The summed E-state index contributed by atoms with van der Waals surface area (Å²) in [7, 11) is 1.31. The van der Waals surface area contributed by atoms with Crippen molar-refractivity contribution >= 4 is 17.3 Å². The highest BCUT2D eigenvalue weighted by Crippen LogP contribution is 2.40. The number of imidazole rings is 2. The summed E-state index contributed by atoms with van der Waals surface area (Å²) in [6, 6.07) is -6.66. The highest BCUT2D eigenvalue weighted by molar-refractivity contribution is 5.78. The molecular weight excluding hydrogens is 589 g/mol. The van der Waals surface area contributed by atoms with Crippen LogP contribution in [0, 0.1) is 0 Å². The summed E-state index contributed by atoms with van der Waals surface area (Å²) >= 11 is 0. The van der Waals surface area contributed by atoms with Gasteiger partial charge in [-0.05, 0) is 19.4 Å². The fraction of sp³-hybridized carbons (Fsp3) is 0.417. The van der Waals surface area contributed by atoms with Crippen molar-refractivity contribution in [3.63, 3.8) is 0 Å². The molecule has 0 bridgehead atoms. The number of urea groups is 1. The number of halogens is 9. The number of carbonyl (C=O) groups is 1. The molecule has 0 saturated heterocycles. The Hall–Kier alpha value is -4.25. The molecule has 0 aliphatic heterocycles. The Morgan fingerprint density at radius 3 is 2.14 bits per heavy atom. The third-order valence-electron chi connectivity index (χ3n) is 6.27. The number of alkyl halides is 9. The zero-order valence-electron chi connectivity index (χ0n) is 21.7. The van der Waals surface area contributed by atoms with Gasteiger partial charge >= 0.3 is 24.6 Å². The summed E-state index contributed by atoms with van der Waals surface area (Å²) < 4.78 is 130. The fourth-order valence-electron chi connectivity index (χ4n) is 4.41. The highest BCUT2D eigenvalue weighted by atomic mass is 19.4. The first-order valence-corrected chi connectivity index (χ1v) is 12.2. The van der Waals surface area contributed by atoms with Crippen LogP contribution in [0.15, 0.2) is 43.2 Å². The van der Waals surface area contributed by atoms with E-state index in [0.29, 0.717) is 5.65 Å². The zero-order chi connectivity index (χ0) is 31.0. The average Bonchev–Trinajstić information content (AvgIpc) is 3.55. The van der Waals surface area contributed by atoms with Crippen LogP contribution in [0.4, 0.5) is 44.3 Å². The van der Waals surface area contributed by atoms with E-state index in [1.54, 1.807) is 0 Å². The van der Waals surface area contributed by atoms with Crippen molar-refractivity contribution in [1.29, 1.82) is 0 Å². The number of hydrogen-bond acceptors (Lipinski definition) is 5. The van der Waals surface area contributed by atoms with E-state index in [2.05, 4.69) is 15.0 Å². The van der Waals surface area contributed by atoms with Gasteiger partial charge in [0.15, 0.2) is 11.7 Å². The SMILES string of the molecule is CCN(C(=O)NC(CCC(F)(F)F)C(F)(F)F)C(c1cc(-c2cn3ccnc3c(OC)n2)c2nccn2c1)C(F)(F)F. The van der Waals surface area contributed by atoms with Gasteiger partial charge in [0.2, 0.25) is 0 Å². The van der Waals surface area contributed by atoms with Crippen LogP contribution in [0.25, 0.3) is 22.6 Å². The standard InChI is InChI=1S/C24H22F9N7O2/c1-3-40(21(41)37-16(23(28,29)30)4-5-22(25,26)27)17(24(31,32)33)13-10-14(18-34-6-8-38(18)11-13)15-12-39-9-7-35-19(39)20(36-15)42-2/h6-12,16-17H,3-5H2,1-2H3,(H,37,41). The molecular formula is C24H22F9N7O2. The summed E-state index contributed by atoms with van der Waals surface area (Å²) in [6.45, 7) is 0.344. The number of carbonyl (C=O) groups excluding carboxylic acids is 1. The Morgan fingerprint density at radius 1 is 0.976 bits per heavy atom. The number of amides is 2. The summed E-state index contributed by atoms with van der Waals surface area (Å²) in [5, 5.41) is 1.32. The summed E-state index contributed by atoms with van der Waals surface area (Å²) in [5.74, 6) is 0.0339. The average molecular weight is 611 g/mol. The van der Waals surface area contributed by atoms with E-state index in [0.717, 1.165) is 19.2 Å². The number of hydrogen-bond donors (Lipinski definition) is 1. The fourth-order valence-corrected chi connectivity index (χ4v) is 4.41. The second-order valence-corrected chi connectivity index (χ2v) is 9.07. The van der Waals surface area contributed by atoms with Crippen molar-refractivity contribution in [2.24, 2.45) is 0 Å². The van der Waals surface area contributed by atoms with Crippen LogP contribution in [-0.2, 0) is 0 Å². The molecule has 0 aromatic carbocycles. The summed E-state index contributed by atoms with van der Waals surface area (Å²) in [6.07, 6.45) is -11.1. The number of aromatic nitrogens is 5. The van der Waals surface area contributed by atoms with Crippen LogP contribution in [-0.4, -0.2) is 72.9 Å². The van der Waals surface area contributed by atoms with Crippen LogP contribution in [0.5, 0.6) is 5.88 Å². The molecule has 0 aliphatic carbocycles. The quantitative estimate of drug-likeness (QED) is 0.249. The Kier molecular flexibility index (Phi) is 8.19. The first-order chi connectivity index (χ1) is 19.5. The second-order valence-electron chi connectivity index (χ2n) is 9.07. The van der Waals surface area contributed by atoms with Crippen molar-refractivity contribution < 1.29 is 49.0 Å². The number of nitrogens with zero attached hydrogens (tertiary/aromatic N) is 6. The van der Waals surface area contributed by atoms with Gasteiger partial charge in [-0.2, -0.15) is 39.5 Å². The molecule has 2 unspecified atom stereocenters. The van der Waals surface area contributed by atoms with Gasteiger partial charge in [0.1, 0.15) is 11.7 Å². The largest absolute Gasteiger partial charge is 0.478 e. The van der Waals surface area contributed by atoms with Gasteiger partial charge in [0, 0.05) is 61.3 Å². The minimum Gasteiger partial charge on any atom is -0.478 e. The molecule has 0 radical (unpaired) electrons. The molecule has 228 valence electrons. The smallest absolute Gasteiger partial charge is 0.413 e. The van der Waals surface area contributed by atoms with E-state index in [9.17, 15) is 44.3 Å².